The maximum atomic E-state index is 6.21. The average Bonchev–Trinajstić information content (AvgIpc) is 3.24. The first-order chi connectivity index (χ1) is 11.8. The monoisotopic (exact) mass is 383 g/mol. The van der Waals surface area contributed by atoms with E-state index in [0.717, 1.165) is 30.7 Å². The topological polar surface area (TPSA) is 47.8 Å². The molecule has 4 unspecified atom stereocenters. The fourth-order valence-corrected chi connectivity index (χ4v) is 5.13. The summed E-state index contributed by atoms with van der Waals surface area (Å²) >= 11 is 5.49. The van der Waals surface area contributed by atoms with Crippen LogP contribution in [0, 0.1) is 5.92 Å². The lowest BCUT2D eigenvalue weighted by Crippen LogP contribution is -2.09. The van der Waals surface area contributed by atoms with Gasteiger partial charge < -0.3 is 9.26 Å². The molecule has 1 aliphatic heterocycles. The van der Waals surface area contributed by atoms with Gasteiger partial charge >= 0.3 is 0 Å². The molecule has 1 fully saturated rings. The van der Waals surface area contributed by atoms with Gasteiger partial charge in [0.15, 0.2) is 6.42 Å². The number of benzene rings is 1. The summed E-state index contributed by atoms with van der Waals surface area (Å²) in [6, 6.07) is 9.70. The van der Waals surface area contributed by atoms with Crippen molar-refractivity contribution in [3.05, 3.63) is 30.3 Å². The van der Waals surface area contributed by atoms with Crippen molar-refractivity contribution in [1.29, 1.82) is 0 Å². The number of ether oxygens (including phenoxy) is 1. The van der Waals surface area contributed by atoms with Crippen LogP contribution in [-0.2, 0) is 16.5 Å². The first kappa shape index (κ1) is 20.9. The van der Waals surface area contributed by atoms with Gasteiger partial charge in [-0.1, -0.05) is 51.3 Å². The number of unbranched alkanes of at least 4 members (excludes halogenated alkanes) is 2. The minimum atomic E-state index is -2.20. The van der Waals surface area contributed by atoms with Gasteiger partial charge in [0.05, 0.1) is 11.7 Å². The van der Waals surface area contributed by atoms with Gasteiger partial charge in [0.1, 0.15) is 5.75 Å². The van der Waals surface area contributed by atoms with E-state index in [0.29, 0.717) is 6.10 Å². The molecule has 4 atom stereocenters. The van der Waals surface area contributed by atoms with Crippen LogP contribution in [0.2, 0.25) is 0 Å². The molecular formula is C20H34NO2PS. The molecule has 1 aromatic carbocycles. The Balaban J connectivity index is 1.53. The zero-order valence-corrected chi connectivity index (χ0v) is 17.7. The first-order valence-corrected chi connectivity index (χ1v) is 12.6. The molecular weight excluding hydrogens is 349 g/mol. The van der Waals surface area contributed by atoms with E-state index in [4.69, 9.17) is 26.6 Å². The van der Waals surface area contributed by atoms with Crippen LogP contribution < -0.4 is 10.0 Å². The Morgan fingerprint density at radius 2 is 1.96 bits per heavy atom. The predicted octanol–water partition coefficient (Wildman–Crippen LogP) is 5.88. The molecule has 2 N–H and O–H groups in total. The van der Waals surface area contributed by atoms with Gasteiger partial charge in [-0.2, -0.15) is 0 Å². The second-order valence-electron chi connectivity index (χ2n) is 7.66. The zero-order valence-electron chi connectivity index (χ0n) is 15.9. The minimum Gasteiger partial charge on any atom is -0.454 e. The third-order valence-electron chi connectivity index (χ3n) is 5.33. The average molecular weight is 384 g/mol. The Hall–Kier alpha value is -0.410. The van der Waals surface area contributed by atoms with E-state index in [-0.39, 0.29) is 5.60 Å². The van der Waals surface area contributed by atoms with E-state index in [1.807, 2.05) is 30.3 Å². The van der Waals surface area contributed by atoms with Crippen molar-refractivity contribution in [2.75, 3.05) is 6.16 Å². The smallest absolute Gasteiger partial charge is 0.175 e. The summed E-state index contributed by atoms with van der Waals surface area (Å²) in [7, 11) is 0. The van der Waals surface area contributed by atoms with Crippen molar-refractivity contribution < 1.29 is 9.26 Å². The van der Waals surface area contributed by atoms with Crippen molar-refractivity contribution in [3.8, 4) is 5.75 Å². The fraction of sp³-hybridized carbons (Fsp3) is 0.700. The summed E-state index contributed by atoms with van der Waals surface area (Å²) in [4.78, 5) is 0. The van der Waals surface area contributed by atoms with E-state index in [1.54, 1.807) is 0 Å². The minimum absolute atomic E-state index is 0.177. The van der Waals surface area contributed by atoms with Crippen LogP contribution in [0.25, 0.3) is 0 Å². The molecule has 0 spiro atoms. The lowest BCUT2D eigenvalue weighted by molar-refractivity contribution is 0.295. The summed E-state index contributed by atoms with van der Waals surface area (Å²) in [5.74, 6) is 1.56. The summed E-state index contributed by atoms with van der Waals surface area (Å²) in [6.07, 6.45) is 7.50. The molecule has 142 valence electrons. The van der Waals surface area contributed by atoms with E-state index in [2.05, 4.69) is 20.8 Å². The third-order valence-corrected chi connectivity index (χ3v) is 7.56. The Morgan fingerprint density at radius 3 is 2.60 bits per heavy atom. The highest BCUT2D eigenvalue weighted by Crippen LogP contribution is 2.43. The number of para-hydroxylation sites is 1. The molecule has 1 heterocycles. The van der Waals surface area contributed by atoms with Crippen molar-refractivity contribution in [2.24, 2.45) is 11.4 Å². The molecule has 0 bridgehead atoms. The van der Waals surface area contributed by atoms with Crippen LogP contribution >= 0.6 is 6.42 Å². The first-order valence-electron chi connectivity index (χ1n) is 9.65. The standard InChI is InChI=1S/C20H34NO2PS/c1-4-20(3)19(22-20)15-14-17(2)11-7-6-10-16-24(21,25)23-18-12-8-5-9-13-18/h5,8-9,12-13,17,19H,4,6-7,10-11,14-16H2,1-3H3,(H2,21,25). The number of hydrogen-bond acceptors (Lipinski definition) is 3. The van der Waals surface area contributed by atoms with E-state index < -0.39 is 6.42 Å². The highest BCUT2D eigenvalue weighted by Gasteiger charge is 2.49. The van der Waals surface area contributed by atoms with Crippen LogP contribution in [0.5, 0.6) is 5.75 Å². The van der Waals surface area contributed by atoms with Gasteiger partial charge in [-0.3, -0.25) is 5.50 Å². The number of nitrogens with two attached hydrogens (primary N) is 1. The number of rotatable bonds is 12. The molecule has 5 heteroatoms. The van der Waals surface area contributed by atoms with Crippen LogP contribution in [-0.4, -0.2) is 17.9 Å². The summed E-state index contributed by atoms with van der Waals surface area (Å²) in [6.45, 7) is 6.80. The van der Waals surface area contributed by atoms with E-state index >= 15 is 0 Å². The molecule has 3 nitrogen and oxygen atoms in total. The van der Waals surface area contributed by atoms with Crippen LogP contribution in [0.3, 0.4) is 0 Å². The number of hydrogen-bond donors (Lipinski definition) is 1. The van der Waals surface area contributed by atoms with Crippen molar-refractivity contribution >= 4 is 18.2 Å². The van der Waals surface area contributed by atoms with Gasteiger partial charge in [-0.05, 0) is 62.5 Å². The van der Waals surface area contributed by atoms with E-state index in [1.165, 1.54) is 32.1 Å². The molecule has 1 aliphatic rings. The largest absolute Gasteiger partial charge is 0.454 e. The van der Waals surface area contributed by atoms with E-state index in [9.17, 15) is 0 Å². The Bertz CT molecular complexity index is 568. The summed E-state index contributed by atoms with van der Waals surface area (Å²) < 4.78 is 11.6. The van der Waals surface area contributed by atoms with Crippen LogP contribution in [0.15, 0.2) is 30.3 Å². The number of epoxide rings is 1. The van der Waals surface area contributed by atoms with Gasteiger partial charge in [0.2, 0.25) is 0 Å². The second kappa shape index (κ2) is 9.50. The SMILES string of the molecule is CCC1(C)OC1CCC(C)CCCCCP(N)(=S)Oc1ccccc1. The summed E-state index contributed by atoms with van der Waals surface area (Å²) in [5, 5.41) is 0. The maximum absolute atomic E-state index is 6.21. The predicted molar refractivity (Wildman–Crippen MR) is 111 cm³/mol. The molecule has 0 aliphatic carbocycles. The quantitative estimate of drug-likeness (QED) is 0.278. The highest BCUT2D eigenvalue weighted by atomic mass is 32.4. The normalized spacial score (nSPS) is 26.0. The van der Waals surface area contributed by atoms with Crippen LogP contribution in [0.1, 0.15) is 65.7 Å². The zero-order chi connectivity index (χ0) is 18.3. The Kier molecular flexibility index (Phi) is 7.94. The van der Waals surface area contributed by atoms with Gasteiger partial charge in [0, 0.05) is 6.16 Å². The van der Waals surface area contributed by atoms with Gasteiger partial charge in [-0.25, -0.2) is 0 Å². The summed E-state index contributed by atoms with van der Waals surface area (Å²) in [5.41, 5.74) is 6.38. The fourth-order valence-electron chi connectivity index (χ4n) is 3.25. The lowest BCUT2D eigenvalue weighted by atomic mass is 9.94. The van der Waals surface area contributed by atoms with Crippen molar-refractivity contribution in [3.63, 3.8) is 0 Å². The molecule has 0 amide bonds. The lowest BCUT2D eigenvalue weighted by Gasteiger charge is -2.18. The van der Waals surface area contributed by atoms with Gasteiger partial charge in [-0.15, -0.1) is 0 Å². The maximum Gasteiger partial charge on any atom is 0.175 e. The van der Waals surface area contributed by atoms with Crippen molar-refractivity contribution in [2.45, 2.75) is 77.4 Å². The highest BCUT2D eigenvalue weighted by molar-refractivity contribution is 8.11. The molecule has 0 aromatic heterocycles. The molecule has 2 rings (SSSR count). The van der Waals surface area contributed by atoms with Crippen molar-refractivity contribution in [1.82, 2.24) is 0 Å². The Morgan fingerprint density at radius 1 is 1.24 bits per heavy atom. The third kappa shape index (κ3) is 7.38. The Labute approximate surface area is 158 Å². The molecule has 0 radical (unpaired) electrons. The molecule has 1 aromatic rings. The second-order valence-corrected chi connectivity index (χ2v) is 11.6. The molecule has 0 saturated carbocycles. The van der Waals surface area contributed by atoms with Gasteiger partial charge in [0.25, 0.3) is 0 Å². The molecule has 1 saturated heterocycles. The van der Waals surface area contributed by atoms with Crippen LogP contribution in [0.4, 0.5) is 0 Å². The molecule has 25 heavy (non-hydrogen) atoms.